The molecule has 6 amide bonds. The number of carboxylic acid groups (broad SMARTS) is 1. The van der Waals surface area contributed by atoms with Gasteiger partial charge in [0.2, 0.25) is 41.5 Å². The number of aliphatic carboxylic acids is 1. The molecule has 0 bridgehead atoms. The van der Waals surface area contributed by atoms with E-state index >= 15 is 19.2 Å². The molecule has 33 nitrogen and oxygen atoms in total. The van der Waals surface area contributed by atoms with E-state index in [4.69, 9.17) is 34.5 Å². The Hall–Kier alpha value is -11.8. The number of nitrogens with one attached hydrogen (secondary N) is 12. The minimum Gasteiger partial charge on any atom is -0.487 e. The van der Waals surface area contributed by atoms with Gasteiger partial charge >= 0.3 is 24.2 Å². The molecule has 5 atom stereocenters. The van der Waals surface area contributed by atoms with E-state index < -0.39 is 157 Å². The predicted molar refractivity (Wildman–Crippen MR) is 455 cm³/mol. The normalized spacial score (nSPS) is 14.8. The van der Waals surface area contributed by atoms with E-state index in [-0.39, 0.29) is 67.0 Å². The zero-order chi connectivity index (χ0) is 89.6. The zero-order valence-corrected chi connectivity index (χ0v) is 73.7. The molecule has 0 spiro atoms. The molecule has 7 aromatic rings. The summed E-state index contributed by atoms with van der Waals surface area (Å²) in [6.45, 7) is 31.2. The summed E-state index contributed by atoms with van der Waals surface area (Å²) in [6, 6.07) is 13.3. The molecule has 0 unspecified atom stereocenters. The van der Waals surface area contributed by atoms with Crippen LogP contribution in [0.5, 0.6) is 11.5 Å². The van der Waals surface area contributed by atoms with Crippen LogP contribution < -0.4 is 61.5 Å². The molecule has 2 aliphatic heterocycles. The summed E-state index contributed by atoms with van der Waals surface area (Å²) < 4.78 is 94.2. The van der Waals surface area contributed by atoms with Gasteiger partial charge in [0.1, 0.15) is 76.3 Å². The lowest BCUT2D eigenvalue weighted by atomic mass is 9.94. The van der Waals surface area contributed by atoms with E-state index in [1.165, 1.54) is 21.5 Å². The van der Waals surface area contributed by atoms with Crippen LogP contribution in [0.1, 0.15) is 177 Å². The number of sulfonamides is 2. The van der Waals surface area contributed by atoms with Crippen molar-refractivity contribution < 1.29 is 88.8 Å². The van der Waals surface area contributed by atoms with Crippen LogP contribution in [0.3, 0.4) is 0 Å². The lowest BCUT2D eigenvalue weighted by molar-refractivity contribution is -0.138. The van der Waals surface area contributed by atoms with Crippen LogP contribution in [0.15, 0.2) is 101 Å². The van der Waals surface area contributed by atoms with Gasteiger partial charge < -0.3 is 71.3 Å². The maximum atomic E-state index is 15.9. The number of alkyl carbamates (subject to hydrolysis) is 1. The number of nitrogens with zero attached hydrogens (tertiary/aromatic N) is 2. The second kappa shape index (κ2) is 37.1. The van der Waals surface area contributed by atoms with E-state index in [0.29, 0.717) is 102 Å². The van der Waals surface area contributed by atoms with Crippen LogP contribution in [0.4, 0.5) is 14.4 Å². The molecule has 13 N–H and O–H groups in total. The Morgan fingerprint density at radius 2 is 0.818 bits per heavy atom. The van der Waals surface area contributed by atoms with Gasteiger partial charge in [-0.15, -0.1) is 0 Å². The highest BCUT2D eigenvalue weighted by Gasteiger charge is 2.41. The Morgan fingerprint density at radius 3 is 1.21 bits per heavy atom. The Labute approximate surface area is 705 Å². The van der Waals surface area contributed by atoms with Gasteiger partial charge in [-0.05, 0) is 219 Å². The fourth-order valence-corrected chi connectivity index (χ4v) is 17.9. The summed E-state index contributed by atoms with van der Waals surface area (Å²) in [5, 5.41) is 49.8. The molecule has 0 radical (unpaired) electrons. The Bertz CT molecular complexity index is 5440. The smallest absolute Gasteiger partial charge is 0.419 e. The Morgan fingerprint density at radius 1 is 0.463 bits per heavy atom. The minimum absolute atomic E-state index is 0.0416. The molecule has 5 aromatic carbocycles. The number of para-hydroxylation sites is 2. The van der Waals surface area contributed by atoms with Gasteiger partial charge in [-0.1, -0.05) is 66.7 Å². The van der Waals surface area contributed by atoms with Gasteiger partial charge in [0, 0.05) is 79.5 Å². The maximum Gasteiger partial charge on any atom is 0.419 e. The summed E-state index contributed by atoms with van der Waals surface area (Å²) in [7, 11) is -8.92. The molecule has 35 heteroatoms. The largest absolute Gasteiger partial charge is 0.487 e. The number of hydrogen-bond acceptors (Lipinski definition) is 20. The van der Waals surface area contributed by atoms with Crippen molar-refractivity contribution >= 4 is 108 Å². The van der Waals surface area contributed by atoms with Crippen LogP contribution in [0.2, 0.25) is 0 Å². The topological polar surface area (TPSA) is 466 Å². The van der Waals surface area contributed by atoms with E-state index in [9.17, 15) is 45.9 Å². The number of carboxylic acids is 1. The summed E-state index contributed by atoms with van der Waals surface area (Å²) in [6.07, 6.45) is -1.02. The average molecular weight is 1710 g/mol. The fraction of sp³-hybridized carbons (Fsp3) is 0.477. The first-order valence-corrected chi connectivity index (χ1v) is 42.9. The Kier molecular flexibility index (Phi) is 28.5. The average Bonchev–Trinajstić information content (AvgIpc) is 1.67. The van der Waals surface area contributed by atoms with Crippen molar-refractivity contribution in [3.63, 3.8) is 0 Å². The third-order valence-corrected chi connectivity index (χ3v) is 23.6. The molecule has 0 saturated carbocycles. The number of benzene rings is 5. The second-order valence-corrected chi connectivity index (χ2v) is 38.1. The summed E-state index contributed by atoms with van der Waals surface area (Å²) in [5.74, 6) is -6.65. The predicted octanol–water partition coefficient (Wildman–Crippen LogP) is 9.07. The highest BCUT2D eigenvalue weighted by atomic mass is 32.2. The molecule has 0 saturated heterocycles. The molecule has 121 heavy (non-hydrogen) atoms. The number of ether oxygens (including phenoxy) is 5. The number of hydrogen-bond donors (Lipinski definition) is 13. The molecule has 0 aliphatic carbocycles. The van der Waals surface area contributed by atoms with E-state index in [1.54, 1.807) is 183 Å². The number of rotatable bonds is 30. The lowest BCUT2D eigenvalue weighted by Gasteiger charge is -2.28. The molecule has 9 rings (SSSR count). The monoisotopic (exact) mass is 1710 g/mol. The molecule has 0 fully saturated rings. The first-order valence-electron chi connectivity index (χ1n) is 40.0. The SMILES string of the molecule is Cc1c(C)c(S(=O)(=O)NC(=N)NCCC[C@H](NC(=O)[C@H](Cc2cn(C(=O)OC(C)(C)C)c3ccccc23)NC(=O)OC(C)(C)C)C(=O)N[C@@H](Cc2cn(C(=O)OC(C)(C)C)c3ccccc23)C(=O)N[C@@H](CCCNC(=N)NS(=O)(=O)c2c(C)c(C)c3c(c2C)CC(C)(C)O3)C(=O)N[C@@H](Cc2ccccc2)C(=O)NCC(=O)O)c(C)c2c1OC(C)(C)C2. The van der Waals surface area contributed by atoms with Crippen LogP contribution in [-0.4, -0.2) is 175 Å². The molecule has 2 aromatic heterocycles. The number of amides is 6. The first kappa shape index (κ1) is 93.1. The Balaban J connectivity index is 1.09. The number of carbonyl (C=O) groups excluding carboxylic acids is 8. The third-order valence-electron chi connectivity index (χ3n) is 20.4. The standard InChI is InChI=1S/C86H114N14O19S2/c1-47-49(3)70(51(5)58-42-85(16,17)115-68(47)58)120(111,112)97-77(87)89-37-27-33-60(73(104)94-62(72(103)91-44-67(101)102)39-53-29-21-20-22-30-53)92-75(106)63(40-54-45-99(80(109)118-83(10,11)12)65-35-25-23-31-56(54)65)95-74(105)61(34-28-38-90-78(88)98-121(113,114)71-50(4)48(2)69-59(52(71)6)43-86(18,19)116-69)93-76(107)64(96-79(108)117-82(7,8)9)41-55-46-100(81(110)119-84(13,14)15)66-36-26-24-32-57(55)66/h20-26,29-32,35-36,45-46,60-64H,27-28,33-34,37-44H2,1-19H3,(H,91,103)(H,92,106)(H,93,107)(H,94,104)(H,95,105)(H,96,108)(H,101,102)(H3,87,89,97)(H3,88,90,98)/t60-,61-,62-,63-,64-/m0/s1. The van der Waals surface area contributed by atoms with E-state index in [1.807, 2.05) is 27.7 Å². The lowest BCUT2D eigenvalue weighted by Crippen LogP contribution is -2.60. The van der Waals surface area contributed by atoms with Gasteiger partial charge in [0.25, 0.3) is 20.0 Å². The first-order chi connectivity index (χ1) is 56.2. The van der Waals surface area contributed by atoms with E-state index in [2.05, 4.69) is 52.0 Å². The number of fused-ring (bicyclic) bond motifs is 4. The third kappa shape index (κ3) is 23.9. The molecular formula is C86H114N14O19S2. The quantitative estimate of drug-likeness (QED) is 0.00863. The van der Waals surface area contributed by atoms with Gasteiger partial charge in [-0.3, -0.25) is 48.7 Å². The van der Waals surface area contributed by atoms with Crippen molar-refractivity contribution in [3.05, 3.63) is 152 Å². The highest BCUT2D eigenvalue weighted by molar-refractivity contribution is 7.90. The fourth-order valence-electron chi connectivity index (χ4n) is 14.8. The van der Waals surface area contributed by atoms with Crippen molar-refractivity contribution in [3.8, 4) is 11.5 Å². The van der Waals surface area contributed by atoms with Gasteiger partial charge in [0.15, 0.2) is 0 Å². The molecule has 4 heterocycles. The second-order valence-electron chi connectivity index (χ2n) is 34.9. The minimum atomic E-state index is -4.47. The maximum absolute atomic E-state index is 15.9. The molecule has 2 aliphatic rings. The van der Waals surface area contributed by atoms with E-state index in [0.717, 1.165) is 0 Å². The van der Waals surface area contributed by atoms with Crippen molar-refractivity contribution in [2.45, 2.75) is 257 Å². The number of carbonyl (C=O) groups is 9. The van der Waals surface area contributed by atoms with Crippen LogP contribution in [0, 0.1) is 52.4 Å². The summed E-state index contributed by atoms with van der Waals surface area (Å²) in [4.78, 5) is 130. The molecule has 654 valence electrons. The van der Waals surface area contributed by atoms with Crippen LogP contribution in [-0.2, 0) is 95.1 Å². The van der Waals surface area contributed by atoms with Crippen molar-refractivity contribution in [2.75, 3.05) is 19.6 Å². The summed E-state index contributed by atoms with van der Waals surface area (Å²) in [5.41, 5.74) is 1.83. The number of guanidine groups is 2. The molecular weight excluding hydrogens is 1600 g/mol. The zero-order valence-electron chi connectivity index (χ0n) is 72.0. The number of aromatic nitrogens is 2. The highest BCUT2D eigenvalue weighted by Crippen LogP contribution is 2.46. The van der Waals surface area contributed by atoms with Crippen molar-refractivity contribution in [2.24, 2.45) is 0 Å². The van der Waals surface area contributed by atoms with Gasteiger partial charge in [-0.2, -0.15) is 0 Å². The van der Waals surface area contributed by atoms with Crippen molar-refractivity contribution in [1.82, 2.24) is 61.1 Å². The summed E-state index contributed by atoms with van der Waals surface area (Å²) >= 11 is 0. The van der Waals surface area contributed by atoms with Crippen LogP contribution >= 0.6 is 0 Å². The van der Waals surface area contributed by atoms with Crippen molar-refractivity contribution in [1.29, 1.82) is 10.8 Å². The van der Waals surface area contributed by atoms with Gasteiger partial charge in [0.05, 0.1) is 20.8 Å². The van der Waals surface area contributed by atoms with Crippen LogP contribution in [0.25, 0.3) is 21.8 Å². The van der Waals surface area contributed by atoms with Gasteiger partial charge in [-0.25, -0.2) is 40.7 Å².